The first-order valence-corrected chi connectivity index (χ1v) is 9.78. The summed E-state index contributed by atoms with van der Waals surface area (Å²) < 4.78 is 38.4. The van der Waals surface area contributed by atoms with Crippen LogP contribution >= 0.6 is 0 Å². The summed E-state index contributed by atoms with van der Waals surface area (Å²) in [6.45, 7) is 3.92. The van der Waals surface area contributed by atoms with Gasteiger partial charge in [0.2, 0.25) is 15.8 Å². The third-order valence-corrected chi connectivity index (χ3v) is 5.92. The van der Waals surface area contributed by atoms with Crippen molar-refractivity contribution in [2.24, 2.45) is 11.7 Å². The highest BCUT2D eigenvalue weighted by atomic mass is 32.2. The molecule has 0 spiro atoms. The van der Waals surface area contributed by atoms with Crippen molar-refractivity contribution in [2.75, 3.05) is 13.2 Å². The number of carbonyl (C=O) groups excluding carboxylic acids is 1. The Hall–Kier alpha value is -1.90. The molecular weight excluding hydrogens is 344 g/mol. The van der Waals surface area contributed by atoms with Gasteiger partial charge in [-0.2, -0.15) is 0 Å². The van der Waals surface area contributed by atoms with E-state index in [2.05, 4.69) is 4.72 Å². The Balaban J connectivity index is 1.94. The van der Waals surface area contributed by atoms with Crippen LogP contribution in [0.3, 0.4) is 0 Å². The topological polar surface area (TPSA) is 112 Å². The monoisotopic (exact) mass is 366 g/mol. The van der Waals surface area contributed by atoms with Gasteiger partial charge in [-0.25, -0.2) is 17.9 Å². The van der Waals surface area contributed by atoms with E-state index in [-0.39, 0.29) is 29.8 Å². The second-order valence-electron chi connectivity index (χ2n) is 6.24. The first-order valence-electron chi connectivity index (χ1n) is 8.30. The molecule has 1 saturated carbocycles. The van der Waals surface area contributed by atoms with E-state index in [0.29, 0.717) is 22.5 Å². The Bertz CT molecular complexity index is 899. The highest BCUT2D eigenvalue weighted by molar-refractivity contribution is 7.89. The summed E-state index contributed by atoms with van der Waals surface area (Å²) in [6, 6.07) is 4.28. The molecule has 7 nitrogen and oxygen atoms in total. The maximum absolute atomic E-state index is 12.6. The first kappa shape index (κ1) is 17.9. The lowest BCUT2D eigenvalue weighted by atomic mass is 10.1. The molecule has 0 radical (unpaired) electrons. The average molecular weight is 366 g/mol. The van der Waals surface area contributed by atoms with Gasteiger partial charge in [0.25, 0.3) is 0 Å². The quantitative estimate of drug-likeness (QED) is 0.724. The summed E-state index contributed by atoms with van der Waals surface area (Å²) in [7, 11) is -3.69. The smallest absolute Gasteiger partial charge is 0.374 e. The molecule has 1 heterocycles. The minimum Gasteiger partial charge on any atom is -0.460 e. The SMILES string of the molecule is CCOC(=O)c1oc2ccc(S(=O)(=O)NC(CN)C3CC3)cc2c1C. The van der Waals surface area contributed by atoms with Gasteiger partial charge in [-0.15, -0.1) is 0 Å². The number of nitrogens with two attached hydrogens (primary N) is 1. The molecule has 3 rings (SSSR count). The van der Waals surface area contributed by atoms with Crippen molar-refractivity contribution in [3.8, 4) is 0 Å². The number of rotatable bonds is 7. The Labute approximate surface area is 146 Å². The zero-order valence-corrected chi connectivity index (χ0v) is 15.1. The molecular formula is C17H22N2O5S. The van der Waals surface area contributed by atoms with Crippen LogP contribution in [0, 0.1) is 12.8 Å². The molecule has 0 bridgehead atoms. The van der Waals surface area contributed by atoms with Crippen molar-refractivity contribution in [3.63, 3.8) is 0 Å². The van der Waals surface area contributed by atoms with Crippen molar-refractivity contribution in [1.82, 2.24) is 4.72 Å². The number of hydrogen-bond donors (Lipinski definition) is 2. The minimum atomic E-state index is -3.69. The predicted octanol–water partition coefficient (Wildman–Crippen LogP) is 1.93. The fraction of sp³-hybridized carbons (Fsp3) is 0.471. The zero-order chi connectivity index (χ0) is 18.2. The van der Waals surface area contributed by atoms with Gasteiger partial charge in [0.05, 0.1) is 11.5 Å². The molecule has 1 fully saturated rings. The largest absolute Gasteiger partial charge is 0.460 e. The van der Waals surface area contributed by atoms with E-state index in [9.17, 15) is 13.2 Å². The number of benzene rings is 1. The molecule has 1 aliphatic rings. The second kappa shape index (κ2) is 6.78. The van der Waals surface area contributed by atoms with Gasteiger partial charge in [0.15, 0.2) is 0 Å². The highest BCUT2D eigenvalue weighted by Crippen LogP contribution is 2.33. The van der Waals surface area contributed by atoms with E-state index in [1.54, 1.807) is 19.9 Å². The van der Waals surface area contributed by atoms with Crippen molar-refractivity contribution < 1.29 is 22.4 Å². The molecule has 2 aromatic rings. The standard InChI is InChI=1S/C17H22N2O5S/c1-3-23-17(20)16-10(2)13-8-12(6-7-15(13)24-16)25(21,22)19-14(9-18)11-4-5-11/h6-8,11,14,19H,3-5,9,18H2,1-2H3. The van der Waals surface area contributed by atoms with E-state index in [0.717, 1.165) is 12.8 Å². The van der Waals surface area contributed by atoms with Gasteiger partial charge in [-0.05, 0) is 50.8 Å². The van der Waals surface area contributed by atoms with E-state index in [1.807, 2.05) is 0 Å². The van der Waals surface area contributed by atoms with Gasteiger partial charge >= 0.3 is 5.97 Å². The summed E-state index contributed by atoms with van der Waals surface area (Å²) in [5, 5.41) is 0.571. The third-order valence-electron chi connectivity index (χ3n) is 4.43. The maximum Gasteiger partial charge on any atom is 0.374 e. The van der Waals surface area contributed by atoms with Crippen LogP contribution < -0.4 is 10.5 Å². The van der Waals surface area contributed by atoms with E-state index >= 15 is 0 Å². The molecule has 1 aromatic heterocycles. The van der Waals surface area contributed by atoms with Crippen LogP contribution in [0.15, 0.2) is 27.5 Å². The third kappa shape index (κ3) is 3.56. The molecule has 1 unspecified atom stereocenters. The Morgan fingerprint density at radius 3 is 2.76 bits per heavy atom. The fourth-order valence-corrected chi connectivity index (χ4v) is 4.20. The maximum atomic E-state index is 12.6. The lowest BCUT2D eigenvalue weighted by molar-refractivity contribution is 0.0491. The van der Waals surface area contributed by atoms with Crippen molar-refractivity contribution >= 4 is 27.0 Å². The molecule has 0 amide bonds. The molecule has 3 N–H and O–H groups in total. The molecule has 0 saturated heterocycles. The van der Waals surface area contributed by atoms with E-state index < -0.39 is 16.0 Å². The van der Waals surface area contributed by atoms with Crippen LogP contribution in [0.4, 0.5) is 0 Å². The summed E-state index contributed by atoms with van der Waals surface area (Å²) in [6.07, 6.45) is 1.99. The van der Waals surface area contributed by atoms with Crippen LogP contribution in [0.1, 0.15) is 35.9 Å². The van der Waals surface area contributed by atoms with Gasteiger partial charge in [0.1, 0.15) is 5.58 Å². The molecule has 136 valence electrons. The Kier molecular flexibility index (Phi) is 4.86. The van der Waals surface area contributed by atoms with Gasteiger partial charge in [-0.1, -0.05) is 0 Å². The number of ether oxygens (including phenoxy) is 1. The average Bonchev–Trinajstić information content (AvgIpc) is 3.37. The highest BCUT2D eigenvalue weighted by Gasteiger charge is 2.33. The number of aryl methyl sites for hydroxylation is 1. The molecule has 8 heteroatoms. The lowest BCUT2D eigenvalue weighted by Gasteiger charge is -2.16. The number of hydrogen-bond acceptors (Lipinski definition) is 6. The number of sulfonamides is 1. The minimum absolute atomic E-state index is 0.0946. The van der Waals surface area contributed by atoms with Crippen LogP contribution in [-0.2, 0) is 14.8 Å². The van der Waals surface area contributed by atoms with Gasteiger partial charge in [0, 0.05) is 23.5 Å². The van der Waals surface area contributed by atoms with E-state index in [4.69, 9.17) is 14.9 Å². The van der Waals surface area contributed by atoms with E-state index in [1.165, 1.54) is 12.1 Å². The number of furan rings is 1. The Morgan fingerprint density at radius 2 is 2.16 bits per heavy atom. The van der Waals surface area contributed by atoms with Gasteiger partial charge in [-0.3, -0.25) is 0 Å². The lowest BCUT2D eigenvalue weighted by Crippen LogP contribution is -2.41. The molecule has 1 aromatic carbocycles. The second-order valence-corrected chi connectivity index (χ2v) is 7.95. The predicted molar refractivity (Wildman–Crippen MR) is 92.8 cm³/mol. The molecule has 1 atom stereocenters. The summed E-state index contributed by atoms with van der Waals surface area (Å²) >= 11 is 0. The van der Waals surface area contributed by atoms with Crippen LogP contribution in [-0.4, -0.2) is 33.6 Å². The fourth-order valence-electron chi connectivity index (χ4n) is 2.86. The number of fused-ring (bicyclic) bond motifs is 1. The molecule has 25 heavy (non-hydrogen) atoms. The normalized spacial score (nSPS) is 16.1. The number of nitrogens with one attached hydrogen (secondary N) is 1. The zero-order valence-electron chi connectivity index (χ0n) is 14.2. The summed E-state index contributed by atoms with van der Waals surface area (Å²) in [5.41, 5.74) is 6.69. The summed E-state index contributed by atoms with van der Waals surface area (Å²) in [5.74, 6) is -0.151. The van der Waals surface area contributed by atoms with Crippen molar-refractivity contribution in [2.45, 2.75) is 37.6 Å². The summed E-state index contributed by atoms with van der Waals surface area (Å²) in [4.78, 5) is 12.0. The molecule has 1 aliphatic carbocycles. The van der Waals surface area contributed by atoms with Gasteiger partial charge < -0.3 is 14.9 Å². The Morgan fingerprint density at radius 1 is 1.44 bits per heavy atom. The van der Waals surface area contributed by atoms with Crippen molar-refractivity contribution in [3.05, 3.63) is 29.5 Å². The first-order chi connectivity index (χ1) is 11.9. The van der Waals surface area contributed by atoms with Crippen LogP contribution in [0.2, 0.25) is 0 Å². The van der Waals surface area contributed by atoms with Crippen LogP contribution in [0.25, 0.3) is 11.0 Å². The van der Waals surface area contributed by atoms with Crippen molar-refractivity contribution in [1.29, 1.82) is 0 Å². The number of carbonyl (C=O) groups is 1. The van der Waals surface area contributed by atoms with Crippen LogP contribution in [0.5, 0.6) is 0 Å². The number of esters is 1. The molecule has 0 aliphatic heterocycles.